The highest BCUT2D eigenvalue weighted by Gasteiger charge is 2.44. The number of carbonyl (C=O) groups is 4. The Morgan fingerprint density at radius 1 is 1.08 bits per heavy atom. The first-order valence-corrected chi connectivity index (χ1v) is 17.8. The number of aromatic nitrogens is 1. The predicted molar refractivity (Wildman–Crippen MR) is 187 cm³/mol. The molecule has 1 saturated heterocycles. The van der Waals surface area contributed by atoms with Crippen LogP contribution in [0.4, 0.5) is 0 Å². The molecule has 2 heterocycles. The van der Waals surface area contributed by atoms with Crippen LogP contribution < -0.4 is 22.1 Å². The van der Waals surface area contributed by atoms with Crippen molar-refractivity contribution in [1.82, 2.24) is 20.5 Å². The van der Waals surface area contributed by atoms with Crippen LogP contribution in [0.1, 0.15) is 89.8 Å². The van der Waals surface area contributed by atoms with Crippen LogP contribution in [0, 0.1) is 12.3 Å². The van der Waals surface area contributed by atoms with Crippen molar-refractivity contribution in [3.05, 3.63) is 41.0 Å². The molecule has 1 aliphatic rings. The molecule has 1 fully saturated rings. The van der Waals surface area contributed by atoms with Crippen LogP contribution in [-0.4, -0.2) is 82.6 Å². The molecule has 1 aliphatic heterocycles. The molecule has 1 aromatic carbocycles. The highest BCUT2D eigenvalue weighted by molar-refractivity contribution is 7.13. The lowest BCUT2D eigenvalue weighted by molar-refractivity contribution is -0.144. The van der Waals surface area contributed by atoms with Crippen molar-refractivity contribution in [2.45, 2.75) is 116 Å². The Kier molecular flexibility index (Phi) is 15.4. The van der Waals surface area contributed by atoms with E-state index >= 15 is 0 Å². The van der Waals surface area contributed by atoms with Crippen molar-refractivity contribution in [2.75, 3.05) is 19.8 Å². The monoisotopic (exact) mass is 686 g/mol. The minimum atomic E-state index is -0.847. The van der Waals surface area contributed by atoms with Gasteiger partial charge < -0.3 is 36.8 Å². The molecule has 0 aliphatic carbocycles. The third-order valence-corrected chi connectivity index (χ3v) is 9.48. The smallest absolute Gasteiger partial charge is 0.246 e. The number of primary amides is 1. The molecular weight excluding hydrogens is 632 g/mol. The number of likely N-dealkylation sites (tertiary alicyclic amines) is 1. The van der Waals surface area contributed by atoms with E-state index in [1.165, 1.54) is 4.90 Å². The van der Waals surface area contributed by atoms with Crippen LogP contribution in [-0.2, 0) is 30.5 Å². The first-order valence-electron chi connectivity index (χ1n) is 16.9. The van der Waals surface area contributed by atoms with Gasteiger partial charge in [0.05, 0.1) is 28.8 Å². The molecular formula is C35H54N6O6S. The van der Waals surface area contributed by atoms with Gasteiger partial charge >= 0.3 is 0 Å². The molecule has 48 heavy (non-hydrogen) atoms. The Morgan fingerprint density at radius 2 is 1.77 bits per heavy atom. The molecule has 12 nitrogen and oxygen atoms in total. The van der Waals surface area contributed by atoms with E-state index < -0.39 is 23.6 Å². The third kappa shape index (κ3) is 12.6. The van der Waals surface area contributed by atoms with E-state index in [0.717, 1.165) is 47.4 Å². The molecule has 3 rings (SSSR count). The van der Waals surface area contributed by atoms with E-state index in [9.17, 15) is 24.3 Å². The first kappa shape index (κ1) is 39.1. The second-order valence-corrected chi connectivity index (χ2v) is 14.7. The third-order valence-electron chi connectivity index (χ3n) is 8.50. The molecule has 4 amide bonds. The summed E-state index contributed by atoms with van der Waals surface area (Å²) < 4.78 is 5.57. The van der Waals surface area contributed by atoms with E-state index in [4.69, 9.17) is 16.2 Å². The zero-order chi connectivity index (χ0) is 35.3. The van der Waals surface area contributed by atoms with Gasteiger partial charge in [0.1, 0.15) is 12.1 Å². The number of aryl methyl sites for hydroxylation is 1. The molecule has 0 saturated carbocycles. The molecule has 2 aromatic rings. The summed E-state index contributed by atoms with van der Waals surface area (Å²) in [6, 6.07) is 6.03. The number of amides is 4. The number of nitrogens with one attached hydrogen (secondary N) is 2. The summed E-state index contributed by atoms with van der Waals surface area (Å²) in [5, 5.41) is 16.3. The SMILES string of the molecule is Cc1ncsc1-c1ccc(CNC(=O)[C@@H]2C[C@@H](O)CN2C(=O)C(NC(=O)CCCCCCCOC[C@@H](N)CCC(N)=O)C(C)(C)C)cc1. The number of unbranched alkanes of at least 4 members (excludes halogenated alkanes) is 4. The number of nitrogens with zero attached hydrogens (tertiary/aromatic N) is 2. The Morgan fingerprint density at radius 3 is 2.42 bits per heavy atom. The average Bonchev–Trinajstić information content (AvgIpc) is 3.65. The van der Waals surface area contributed by atoms with E-state index in [2.05, 4.69) is 15.6 Å². The van der Waals surface area contributed by atoms with Crippen LogP contribution in [0.3, 0.4) is 0 Å². The normalized spacial score (nSPS) is 17.6. The lowest BCUT2D eigenvalue weighted by Crippen LogP contribution is -2.57. The van der Waals surface area contributed by atoms with Crippen molar-refractivity contribution in [3.63, 3.8) is 0 Å². The van der Waals surface area contributed by atoms with Crippen molar-refractivity contribution in [2.24, 2.45) is 16.9 Å². The summed E-state index contributed by atoms with van der Waals surface area (Å²) in [6.45, 7) is 8.90. The number of ether oxygens (including phenoxy) is 1. The van der Waals surface area contributed by atoms with Gasteiger partial charge in [0.15, 0.2) is 0 Å². The van der Waals surface area contributed by atoms with Crippen molar-refractivity contribution in [3.8, 4) is 10.4 Å². The summed E-state index contributed by atoms with van der Waals surface area (Å²) in [7, 11) is 0. The molecule has 4 atom stereocenters. The number of thiazole rings is 1. The van der Waals surface area contributed by atoms with Gasteiger partial charge in [-0.3, -0.25) is 19.2 Å². The maximum Gasteiger partial charge on any atom is 0.246 e. The van der Waals surface area contributed by atoms with Gasteiger partial charge in [-0.05, 0) is 42.7 Å². The Bertz CT molecular complexity index is 1340. The van der Waals surface area contributed by atoms with Crippen LogP contribution in [0.2, 0.25) is 0 Å². The Hall–Kier alpha value is -3.39. The second kappa shape index (κ2) is 19.0. The zero-order valence-electron chi connectivity index (χ0n) is 28.8. The highest BCUT2D eigenvalue weighted by atomic mass is 32.1. The van der Waals surface area contributed by atoms with Gasteiger partial charge in [0.25, 0.3) is 0 Å². The van der Waals surface area contributed by atoms with Gasteiger partial charge in [-0.25, -0.2) is 4.98 Å². The van der Waals surface area contributed by atoms with Crippen molar-refractivity contribution >= 4 is 35.0 Å². The number of nitrogens with two attached hydrogens (primary N) is 2. The first-order chi connectivity index (χ1) is 22.8. The molecule has 13 heteroatoms. The minimum absolute atomic E-state index is 0.0330. The molecule has 7 N–H and O–H groups in total. The van der Waals surface area contributed by atoms with Gasteiger partial charge in [0.2, 0.25) is 23.6 Å². The standard InChI is InChI=1S/C35H54N6O6S/c1-23-31(48-22-39-23)25-13-11-24(12-14-25)19-38-33(45)28-18-27(42)20-41(28)34(46)32(35(2,3)4)40-30(44)10-8-6-5-7-9-17-47-21-26(36)15-16-29(37)43/h11-14,22,26-28,32,42H,5-10,15-21,36H2,1-4H3,(H2,37,43)(H,38,45)(H,40,44)/t26-,27+,28-,32?/m0/s1. The number of benzene rings is 1. The van der Waals surface area contributed by atoms with Crippen LogP contribution in [0.25, 0.3) is 10.4 Å². The van der Waals surface area contributed by atoms with Gasteiger partial charge in [0, 0.05) is 45.0 Å². The van der Waals surface area contributed by atoms with Crippen LogP contribution in [0.5, 0.6) is 0 Å². The maximum absolute atomic E-state index is 13.8. The Labute approximate surface area is 288 Å². The van der Waals surface area contributed by atoms with E-state index in [1.807, 2.05) is 57.5 Å². The predicted octanol–water partition coefficient (Wildman–Crippen LogP) is 3.18. The maximum atomic E-state index is 13.8. The minimum Gasteiger partial charge on any atom is -0.391 e. The molecule has 0 radical (unpaired) electrons. The number of carbonyl (C=O) groups excluding carboxylic acids is 4. The lowest BCUT2D eigenvalue weighted by atomic mass is 9.85. The molecule has 266 valence electrons. The molecule has 0 spiro atoms. The summed E-state index contributed by atoms with van der Waals surface area (Å²) in [4.78, 5) is 57.7. The highest BCUT2D eigenvalue weighted by Crippen LogP contribution is 2.28. The zero-order valence-corrected chi connectivity index (χ0v) is 29.7. The largest absolute Gasteiger partial charge is 0.391 e. The average molecular weight is 687 g/mol. The van der Waals surface area contributed by atoms with Crippen molar-refractivity contribution < 1.29 is 29.0 Å². The van der Waals surface area contributed by atoms with Crippen LogP contribution >= 0.6 is 11.3 Å². The second-order valence-electron chi connectivity index (χ2n) is 13.8. The molecule has 1 aromatic heterocycles. The number of β-amino-alcohol motifs (C(OH)–C–C–N with tert-alkyl or cyclic N) is 1. The fourth-order valence-corrected chi connectivity index (χ4v) is 6.49. The fraction of sp³-hybridized carbons (Fsp3) is 0.629. The fourth-order valence-electron chi connectivity index (χ4n) is 5.68. The van der Waals surface area contributed by atoms with Gasteiger partial charge in [-0.1, -0.05) is 64.3 Å². The van der Waals surface area contributed by atoms with E-state index in [-0.39, 0.29) is 55.6 Å². The number of aliphatic hydroxyl groups is 1. The number of aliphatic hydroxyl groups excluding tert-OH is 1. The summed E-state index contributed by atoms with van der Waals surface area (Å²) in [5.74, 6) is -1.28. The Balaban J connectivity index is 1.43. The van der Waals surface area contributed by atoms with Crippen molar-refractivity contribution in [1.29, 1.82) is 0 Å². The van der Waals surface area contributed by atoms with Gasteiger partial charge in [-0.2, -0.15) is 0 Å². The summed E-state index contributed by atoms with van der Waals surface area (Å²) in [5.41, 5.74) is 15.2. The van der Waals surface area contributed by atoms with E-state index in [1.54, 1.807) is 11.3 Å². The quantitative estimate of drug-likeness (QED) is 0.139. The van der Waals surface area contributed by atoms with Gasteiger partial charge in [-0.15, -0.1) is 11.3 Å². The topological polar surface area (TPSA) is 190 Å². The number of hydrogen-bond acceptors (Lipinski definition) is 9. The molecule has 1 unspecified atom stereocenters. The van der Waals surface area contributed by atoms with E-state index in [0.29, 0.717) is 32.5 Å². The summed E-state index contributed by atoms with van der Waals surface area (Å²) >= 11 is 1.58. The molecule has 0 bridgehead atoms. The van der Waals surface area contributed by atoms with Crippen LogP contribution in [0.15, 0.2) is 29.8 Å². The number of hydrogen-bond donors (Lipinski definition) is 5. The number of rotatable bonds is 19. The summed E-state index contributed by atoms with van der Waals surface area (Å²) in [6.07, 6.45) is 4.72. The lowest BCUT2D eigenvalue weighted by Gasteiger charge is -2.35.